The lowest BCUT2D eigenvalue weighted by Crippen LogP contribution is -2.44. The van der Waals surface area contributed by atoms with Gasteiger partial charge in [-0.15, -0.1) is 4.36 Å². The Labute approximate surface area is 272 Å². The quantitative estimate of drug-likeness (QED) is 0.388. The molecule has 11 heteroatoms. The van der Waals surface area contributed by atoms with Crippen LogP contribution < -0.4 is 14.4 Å². The Bertz CT molecular complexity index is 1570. The van der Waals surface area contributed by atoms with Gasteiger partial charge in [0.15, 0.2) is 9.92 Å². The summed E-state index contributed by atoms with van der Waals surface area (Å²) in [6.45, 7) is 6.82. The number of nitrogens with zero attached hydrogens (tertiary/aromatic N) is 2. The number of amides is 2. The van der Waals surface area contributed by atoms with Crippen LogP contribution in [0.15, 0.2) is 57.8 Å². The van der Waals surface area contributed by atoms with Gasteiger partial charge in [-0.25, -0.2) is 4.21 Å². The first-order valence-corrected chi connectivity index (χ1v) is 17.7. The van der Waals surface area contributed by atoms with Crippen LogP contribution in [0.2, 0.25) is 5.02 Å². The molecule has 2 aromatic rings. The van der Waals surface area contributed by atoms with Crippen molar-refractivity contribution in [3.8, 4) is 5.75 Å². The van der Waals surface area contributed by atoms with Crippen LogP contribution in [0.3, 0.4) is 0 Å². The summed E-state index contributed by atoms with van der Waals surface area (Å²) in [6.07, 6.45) is 8.73. The largest absolute Gasteiger partial charge is 0.487 e. The molecule has 244 valence electrons. The van der Waals surface area contributed by atoms with Gasteiger partial charge in [-0.3, -0.25) is 14.3 Å². The molecule has 0 saturated heterocycles. The summed E-state index contributed by atoms with van der Waals surface area (Å²) in [5.41, 5.74) is 1.60. The van der Waals surface area contributed by atoms with E-state index >= 15 is 0 Å². The molecule has 0 radical (unpaired) electrons. The summed E-state index contributed by atoms with van der Waals surface area (Å²) < 4.78 is 39.6. The number of hydrogen-bond acceptors (Lipinski definition) is 7. The number of halogens is 1. The van der Waals surface area contributed by atoms with Crippen molar-refractivity contribution in [2.45, 2.75) is 82.5 Å². The Morgan fingerprint density at radius 1 is 1.18 bits per heavy atom. The van der Waals surface area contributed by atoms with E-state index in [1.165, 1.54) is 5.56 Å². The maximum Gasteiger partial charge on any atom is 0.287 e. The molecule has 9 nitrogen and oxygen atoms in total. The van der Waals surface area contributed by atoms with Gasteiger partial charge in [0, 0.05) is 31.6 Å². The van der Waals surface area contributed by atoms with Gasteiger partial charge in [0.05, 0.1) is 23.3 Å². The van der Waals surface area contributed by atoms with Crippen molar-refractivity contribution in [2.75, 3.05) is 31.7 Å². The van der Waals surface area contributed by atoms with Crippen molar-refractivity contribution in [2.24, 2.45) is 16.2 Å². The molecule has 1 N–H and O–H groups in total. The number of rotatable bonds is 3. The van der Waals surface area contributed by atoms with E-state index in [9.17, 15) is 13.8 Å². The van der Waals surface area contributed by atoms with Gasteiger partial charge in [0.1, 0.15) is 18.0 Å². The molecule has 2 bridgehead atoms. The van der Waals surface area contributed by atoms with Crippen molar-refractivity contribution < 1.29 is 28.0 Å². The Balaban J connectivity index is 1.65. The molecular formula is C34H44ClN3O6S. The summed E-state index contributed by atoms with van der Waals surface area (Å²) in [6, 6.07) is 11.1. The average Bonchev–Trinajstić information content (AvgIpc) is 3.03. The predicted molar refractivity (Wildman–Crippen MR) is 176 cm³/mol. The molecule has 1 saturated carbocycles. The summed E-state index contributed by atoms with van der Waals surface area (Å²) in [4.78, 5) is 28.7. The minimum absolute atomic E-state index is 0.0821. The van der Waals surface area contributed by atoms with Crippen molar-refractivity contribution in [3.63, 3.8) is 0 Å². The van der Waals surface area contributed by atoms with E-state index in [2.05, 4.69) is 14.0 Å². The molecule has 2 heterocycles. The zero-order chi connectivity index (χ0) is 32.2. The van der Waals surface area contributed by atoms with E-state index in [1.807, 2.05) is 30.4 Å². The van der Waals surface area contributed by atoms with Gasteiger partial charge in [0.25, 0.3) is 5.91 Å². The summed E-state index contributed by atoms with van der Waals surface area (Å²) in [5.74, 6) is 0.0919. The number of ether oxygens (including phenoxy) is 3. The predicted octanol–water partition coefficient (Wildman–Crippen LogP) is 6.26. The molecule has 0 spiro atoms. The number of fused-ring (bicyclic) bond motifs is 3. The van der Waals surface area contributed by atoms with Crippen LogP contribution in [0, 0.1) is 11.8 Å². The fraction of sp³-hybridized carbons (Fsp3) is 0.529. The van der Waals surface area contributed by atoms with Crippen molar-refractivity contribution in [3.05, 3.63) is 64.7 Å². The van der Waals surface area contributed by atoms with Gasteiger partial charge in [-0.1, -0.05) is 36.7 Å². The van der Waals surface area contributed by atoms with E-state index in [0.717, 1.165) is 56.4 Å². The van der Waals surface area contributed by atoms with Gasteiger partial charge in [0.2, 0.25) is 5.91 Å². The molecule has 1 aliphatic carbocycles. The van der Waals surface area contributed by atoms with Crippen molar-refractivity contribution >= 4 is 39.0 Å². The lowest BCUT2D eigenvalue weighted by molar-refractivity contribution is -0.137. The summed E-state index contributed by atoms with van der Waals surface area (Å²) in [5, 5.41) is 0.702. The lowest BCUT2D eigenvalue weighted by Gasteiger charge is -2.43. The second-order valence-corrected chi connectivity index (χ2v) is 14.8. The molecule has 5 rings (SSSR count). The van der Waals surface area contributed by atoms with Crippen LogP contribution in [0.4, 0.5) is 5.69 Å². The van der Waals surface area contributed by atoms with E-state index in [0.29, 0.717) is 29.2 Å². The monoisotopic (exact) mass is 657 g/mol. The highest BCUT2D eigenvalue weighted by atomic mass is 35.5. The average molecular weight is 658 g/mol. The first-order chi connectivity index (χ1) is 21.5. The van der Waals surface area contributed by atoms with Crippen LogP contribution in [0.5, 0.6) is 5.75 Å². The van der Waals surface area contributed by atoms with E-state index in [4.69, 9.17) is 25.8 Å². The lowest BCUT2D eigenvalue weighted by atomic mass is 9.70. The third-order valence-electron chi connectivity index (χ3n) is 9.06. The highest BCUT2D eigenvalue weighted by Gasteiger charge is 2.38. The SMILES string of the molecule is CCC(=O)N[S@@]1(=O)=NC(=O)C(C)(C)OC/C=C/[C@@H](OC)[C@@H]2CC[C@H]2CN2CCCCc3cc(Cl)ccc3COc3ccc1cc32. The normalized spacial score (nSPS) is 27.7. The number of methoxy groups -OCH3 is 1. The number of anilines is 1. The molecule has 2 amide bonds. The number of aryl methyl sites for hydroxylation is 1. The zero-order valence-corrected chi connectivity index (χ0v) is 28.1. The molecule has 45 heavy (non-hydrogen) atoms. The minimum Gasteiger partial charge on any atom is -0.487 e. The van der Waals surface area contributed by atoms with E-state index < -0.39 is 27.3 Å². The molecule has 2 aliphatic heterocycles. The van der Waals surface area contributed by atoms with E-state index in [-0.39, 0.29) is 24.0 Å². The molecule has 4 atom stereocenters. The van der Waals surface area contributed by atoms with Crippen molar-refractivity contribution in [1.82, 2.24) is 4.72 Å². The van der Waals surface area contributed by atoms with Gasteiger partial charge in [-0.2, -0.15) is 0 Å². The Hall–Kier alpha value is -2.92. The second kappa shape index (κ2) is 14.2. The zero-order valence-electron chi connectivity index (χ0n) is 26.6. The van der Waals surface area contributed by atoms with Crippen LogP contribution in [-0.2, 0) is 42.0 Å². The van der Waals surface area contributed by atoms with Crippen LogP contribution in [-0.4, -0.2) is 54.5 Å². The van der Waals surface area contributed by atoms with Crippen LogP contribution in [0.25, 0.3) is 0 Å². The Morgan fingerprint density at radius 3 is 2.73 bits per heavy atom. The number of hydrogen-bond donors (Lipinski definition) is 1. The summed E-state index contributed by atoms with van der Waals surface area (Å²) >= 11 is 6.35. The van der Waals surface area contributed by atoms with Gasteiger partial charge in [-0.05, 0) is 99.2 Å². The molecule has 0 aromatic heterocycles. The first-order valence-electron chi connectivity index (χ1n) is 15.8. The maximum absolute atomic E-state index is 14.6. The molecule has 0 unspecified atom stereocenters. The molecular weight excluding hydrogens is 614 g/mol. The van der Waals surface area contributed by atoms with E-state index in [1.54, 1.807) is 46.1 Å². The summed E-state index contributed by atoms with van der Waals surface area (Å²) in [7, 11) is -1.98. The Morgan fingerprint density at radius 2 is 2.00 bits per heavy atom. The fourth-order valence-electron chi connectivity index (χ4n) is 6.12. The minimum atomic E-state index is -3.71. The first kappa shape index (κ1) is 33.4. The number of carbonyl (C=O) groups is 2. The maximum atomic E-state index is 14.6. The topological polar surface area (TPSA) is 107 Å². The number of nitrogens with one attached hydrogen (secondary N) is 1. The standard InChI is InChI=1S/C34H44ClN3O6S/c1-5-32(39)36-45(41)27-14-16-31-29(20-27)38(17-7-6-9-23-19-26(35)13-11-25(23)22-43-31)21-24-12-15-28(24)30(42-4)10-8-18-44-34(2,3)33(40)37-45/h8,10-11,13-14,16,19-20,24,28,30H,5-7,9,12,15,17-18,21-22H2,1-4H3,(H,36,37,39,40,41)/b10-8+/t24-,28+,30+,45+/m0/s1. The number of carbonyl (C=O) groups excluding carboxylic acids is 2. The molecule has 3 aliphatic rings. The number of benzene rings is 2. The smallest absolute Gasteiger partial charge is 0.287 e. The third-order valence-corrected chi connectivity index (χ3v) is 11.1. The third kappa shape index (κ3) is 7.73. The second-order valence-electron chi connectivity index (χ2n) is 12.5. The molecule has 2 aromatic carbocycles. The highest BCUT2D eigenvalue weighted by Crippen LogP contribution is 2.42. The van der Waals surface area contributed by atoms with Crippen molar-refractivity contribution in [1.29, 1.82) is 0 Å². The fourth-order valence-corrected chi connectivity index (χ4v) is 8.01. The Kier molecular flexibility index (Phi) is 10.6. The van der Waals surface area contributed by atoms with Crippen LogP contribution in [0.1, 0.15) is 64.0 Å². The molecule has 1 fully saturated rings. The van der Waals surface area contributed by atoms with Crippen LogP contribution >= 0.6 is 11.6 Å². The van der Waals surface area contributed by atoms with Gasteiger partial charge >= 0.3 is 0 Å². The highest BCUT2D eigenvalue weighted by molar-refractivity contribution is 7.92. The van der Waals surface area contributed by atoms with Gasteiger partial charge < -0.3 is 19.1 Å².